The average molecular weight is 442 g/mol. The molecule has 8 nitrogen and oxygen atoms in total. The van der Waals surface area contributed by atoms with E-state index in [1.165, 1.54) is 0 Å². The number of aliphatic hydroxyl groups is 1. The molecule has 0 bridgehead atoms. The minimum atomic E-state index is -0.994. The first-order chi connectivity index (χ1) is 14.3. The van der Waals surface area contributed by atoms with Crippen molar-refractivity contribution in [3.63, 3.8) is 0 Å². The van der Waals surface area contributed by atoms with E-state index in [2.05, 4.69) is 16.0 Å². The van der Waals surface area contributed by atoms with Gasteiger partial charge in [0, 0.05) is 12.8 Å². The zero-order chi connectivity index (χ0) is 24.3. The molecule has 4 atom stereocenters. The largest absolute Gasteiger partial charge is 0.391 e. The fraction of sp³-hybridized carbons (Fsp3) is 0.826. The number of aliphatic hydroxyl groups excluding tert-OH is 1. The van der Waals surface area contributed by atoms with E-state index in [0.717, 1.165) is 0 Å². The molecular weight excluding hydrogens is 398 g/mol. The summed E-state index contributed by atoms with van der Waals surface area (Å²) >= 11 is 0. The Kier molecular flexibility index (Phi) is 13.3. The van der Waals surface area contributed by atoms with E-state index in [4.69, 9.17) is 0 Å². The topological polar surface area (TPSA) is 125 Å². The van der Waals surface area contributed by atoms with E-state index in [0.29, 0.717) is 19.1 Å². The van der Waals surface area contributed by atoms with Crippen LogP contribution in [0.2, 0.25) is 0 Å². The first-order valence-electron chi connectivity index (χ1n) is 11.3. The standard InChI is InChI=1S/C23H43N3O5/c1-13(2)11-17(18(28)9-10-27)24-22(30)21(16(7)8)26-23(31)20(15(5)6)25-19(29)12-14(3)4/h10,13-18,20-21,28H,9,11-12H2,1-8H3,(H,24,30)(H,25,29)(H,26,31)/t17?,18?,20-,21-/m0/s1. The predicted molar refractivity (Wildman–Crippen MR) is 121 cm³/mol. The smallest absolute Gasteiger partial charge is 0.243 e. The number of carbonyl (C=O) groups is 4. The van der Waals surface area contributed by atoms with Gasteiger partial charge in [-0.25, -0.2) is 0 Å². The number of rotatable bonds is 14. The highest BCUT2D eigenvalue weighted by Gasteiger charge is 2.32. The molecule has 0 aromatic heterocycles. The molecule has 0 aromatic carbocycles. The normalized spacial score (nSPS) is 15.5. The SMILES string of the molecule is CC(C)CC(=O)N[C@H](C(=O)N[C@H](C(=O)NC(CC(C)C)C(O)CC=O)C(C)C)C(C)C. The van der Waals surface area contributed by atoms with Crippen molar-refractivity contribution in [2.24, 2.45) is 23.7 Å². The van der Waals surface area contributed by atoms with Crippen molar-refractivity contribution in [2.75, 3.05) is 0 Å². The first-order valence-corrected chi connectivity index (χ1v) is 11.3. The van der Waals surface area contributed by atoms with Crippen LogP contribution >= 0.6 is 0 Å². The average Bonchev–Trinajstić information content (AvgIpc) is 2.61. The molecule has 31 heavy (non-hydrogen) atoms. The van der Waals surface area contributed by atoms with Crippen LogP contribution in [-0.2, 0) is 19.2 Å². The van der Waals surface area contributed by atoms with Crippen molar-refractivity contribution >= 4 is 24.0 Å². The lowest BCUT2D eigenvalue weighted by molar-refractivity contribution is -0.134. The maximum atomic E-state index is 13.0. The second kappa shape index (κ2) is 14.2. The molecule has 4 N–H and O–H groups in total. The molecule has 0 rings (SSSR count). The van der Waals surface area contributed by atoms with Gasteiger partial charge in [0.25, 0.3) is 0 Å². The van der Waals surface area contributed by atoms with Gasteiger partial charge in [-0.05, 0) is 30.1 Å². The summed E-state index contributed by atoms with van der Waals surface area (Å²) in [6, 6.07) is -2.19. The van der Waals surface area contributed by atoms with E-state index in [-0.39, 0.29) is 36.0 Å². The molecule has 8 heteroatoms. The van der Waals surface area contributed by atoms with Gasteiger partial charge in [-0.2, -0.15) is 0 Å². The number of carbonyl (C=O) groups excluding carboxylic acids is 4. The Balaban J connectivity index is 5.37. The van der Waals surface area contributed by atoms with Crippen LogP contribution in [0.3, 0.4) is 0 Å². The first kappa shape index (κ1) is 29.0. The van der Waals surface area contributed by atoms with Gasteiger partial charge in [-0.3, -0.25) is 14.4 Å². The van der Waals surface area contributed by atoms with Crippen LogP contribution in [-0.4, -0.2) is 53.3 Å². The lowest BCUT2D eigenvalue weighted by atomic mass is 9.95. The monoisotopic (exact) mass is 441 g/mol. The van der Waals surface area contributed by atoms with Gasteiger partial charge in [0.05, 0.1) is 12.1 Å². The molecule has 0 aliphatic carbocycles. The van der Waals surface area contributed by atoms with Crippen molar-refractivity contribution in [3.05, 3.63) is 0 Å². The molecule has 180 valence electrons. The molecular formula is C23H43N3O5. The number of amides is 3. The third-order valence-electron chi connectivity index (χ3n) is 4.96. The Hall–Kier alpha value is -1.96. The van der Waals surface area contributed by atoms with Crippen molar-refractivity contribution in [2.45, 2.75) is 98.9 Å². The van der Waals surface area contributed by atoms with E-state index >= 15 is 0 Å². The molecule has 2 unspecified atom stereocenters. The lowest BCUT2D eigenvalue weighted by Crippen LogP contribution is -2.58. The van der Waals surface area contributed by atoms with Crippen molar-refractivity contribution in [3.8, 4) is 0 Å². The molecule has 0 saturated heterocycles. The molecule has 0 heterocycles. The number of nitrogens with one attached hydrogen (secondary N) is 3. The molecule has 0 saturated carbocycles. The number of hydrogen-bond donors (Lipinski definition) is 4. The van der Waals surface area contributed by atoms with Crippen molar-refractivity contribution < 1.29 is 24.3 Å². The molecule has 0 fully saturated rings. The van der Waals surface area contributed by atoms with Crippen LogP contribution < -0.4 is 16.0 Å². The second-order valence-electron chi connectivity index (χ2n) is 9.83. The lowest BCUT2D eigenvalue weighted by Gasteiger charge is -2.30. The molecule has 0 radical (unpaired) electrons. The minimum absolute atomic E-state index is 0.0757. The summed E-state index contributed by atoms with van der Waals surface area (Å²) in [5, 5.41) is 18.6. The predicted octanol–water partition coefficient (Wildman–Crippen LogP) is 1.79. The molecule has 0 spiro atoms. The Morgan fingerprint density at radius 2 is 1.26 bits per heavy atom. The summed E-state index contributed by atoms with van der Waals surface area (Å²) in [5.41, 5.74) is 0. The fourth-order valence-corrected chi connectivity index (χ4v) is 3.27. The highest BCUT2D eigenvalue weighted by atomic mass is 16.3. The summed E-state index contributed by atoms with van der Waals surface area (Å²) in [6.07, 6.45) is 0.369. The van der Waals surface area contributed by atoms with Gasteiger partial charge in [-0.1, -0.05) is 55.4 Å². The zero-order valence-corrected chi connectivity index (χ0v) is 20.4. The third kappa shape index (κ3) is 11.3. The van der Waals surface area contributed by atoms with Gasteiger partial charge >= 0.3 is 0 Å². The Bertz CT molecular complexity index is 590. The fourth-order valence-electron chi connectivity index (χ4n) is 3.27. The van der Waals surface area contributed by atoms with Crippen LogP contribution in [0.4, 0.5) is 0 Å². The van der Waals surface area contributed by atoms with Gasteiger partial charge in [0.15, 0.2) is 0 Å². The van der Waals surface area contributed by atoms with Crippen LogP contribution in [0, 0.1) is 23.7 Å². The zero-order valence-electron chi connectivity index (χ0n) is 20.4. The summed E-state index contributed by atoms with van der Waals surface area (Å²) in [7, 11) is 0. The van der Waals surface area contributed by atoms with E-state index in [9.17, 15) is 24.3 Å². The Labute approximate surface area is 187 Å². The van der Waals surface area contributed by atoms with Crippen LogP contribution in [0.1, 0.15) is 74.7 Å². The van der Waals surface area contributed by atoms with Gasteiger partial charge in [-0.15, -0.1) is 0 Å². The second-order valence-corrected chi connectivity index (χ2v) is 9.83. The van der Waals surface area contributed by atoms with E-state index < -0.39 is 36.0 Å². The van der Waals surface area contributed by atoms with Crippen LogP contribution in [0.25, 0.3) is 0 Å². The summed E-state index contributed by atoms with van der Waals surface area (Å²) in [4.78, 5) is 48.9. The quantitative estimate of drug-likeness (QED) is 0.306. The number of hydrogen-bond acceptors (Lipinski definition) is 5. The summed E-state index contributed by atoms with van der Waals surface area (Å²) < 4.78 is 0. The Morgan fingerprint density at radius 1 is 0.774 bits per heavy atom. The van der Waals surface area contributed by atoms with Gasteiger partial charge in [0.2, 0.25) is 17.7 Å². The summed E-state index contributed by atoms with van der Waals surface area (Å²) in [5.74, 6) is -1.06. The maximum absolute atomic E-state index is 13.0. The van der Waals surface area contributed by atoms with Gasteiger partial charge in [0.1, 0.15) is 18.4 Å². The highest BCUT2D eigenvalue weighted by molar-refractivity contribution is 5.92. The molecule has 3 amide bonds. The van der Waals surface area contributed by atoms with Crippen LogP contribution in [0.5, 0.6) is 0 Å². The number of aldehydes is 1. The van der Waals surface area contributed by atoms with E-state index in [1.54, 1.807) is 0 Å². The minimum Gasteiger partial charge on any atom is -0.391 e. The maximum Gasteiger partial charge on any atom is 0.243 e. The Morgan fingerprint density at radius 3 is 1.68 bits per heavy atom. The van der Waals surface area contributed by atoms with Crippen molar-refractivity contribution in [1.82, 2.24) is 16.0 Å². The third-order valence-corrected chi connectivity index (χ3v) is 4.96. The van der Waals surface area contributed by atoms with Crippen LogP contribution in [0.15, 0.2) is 0 Å². The van der Waals surface area contributed by atoms with Gasteiger partial charge < -0.3 is 25.9 Å². The molecule has 0 aromatic rings. The van der Waals surface area contributed by atoms with Crippen molar-refractivity contribution in [1.29, 1.82) is 0 Å². The summed E-state index contributed by atoms with van der Waals surface area (Å²) in [6.45, 7) is 15.1. The highest BCUT2D eigenvalue weighted by Crippen LogP contribution is 2.13. The molecule has 0 aliphatic heterocycles. The molecule has 0 aliphatic rings. The van der Waals surface area contributed by atoms with E-state index in [1.807, 2.05) is 55.4 Å².